The normalized spacial score (nSPS) is 12.8. The maximum Gasteiger partial charge on any atom is 0.0761 e. The van der Waals surface area contributed by atoms with Gasteiger partial charge in [0.2, 0.25) is 0 Å². The molecule has 0 aliphatic heterocycles. The lowest BCUT2D eigenvalue weighted by Gasteiger charge is -2.16. The molecule has 0 bridgehead atoms. The van der Waals surface area contributed by atoms with Crippen molar-refractivity contribution in [2.45, 2.75) is 70.4 Å². The van der Waals surface area contributed by atoms with Gasteiger partial charge in [0.05, 0.1) is 16.1 Å². The van der Waals surface area contributed by atoms with E-state index in [9.17, 15) is 0 Å². The van der Waals surface area contributed by atoms with Crippen LogP contribution in [0.3, 0.4) is 0 Å². The summed E-state index contributed by atoms with van der Waals surface area (Å²) in [6, 6.07) is 2.54. The molecule has 0 radical (unpaired) electrons. The zero-order valence-corrected chi connectivity index (χ0v) is 16.3. The van der Waals surface area contributed by atoms with E-state index < -0.39 is 16.1 Å². The number of hydrogen-bond acceptors (Lipinski definition) is 1. The number of rotatable bonds is 12. The average molecular weight is 310 g/mol. The summed E-state index contributed by atoms with van der Waals surface area (Å²) < 4.78 is 0. The fourth-order valence-corrected chi connectivity index (χ4v) is 4.02. The zero-order chi connectivity index (χ0) is 15.5. The van der Waals surface area contributed by atoms with E-state index in [1.165, 1.54) is 38.1 Å². The Morgan fingerprint density at radius 1 is 0.800 bits per heavy atom. The zero-order valence-electron chi connectivity index (χ0n) is 14.3. The van der Waals surface area contributed by atoms with Crippen molar-refractivity contribution in [2.24, 2.45) is 4.99 Å². The van der Waals surface area contributed by atoms with E-state index in [0.717, 1.165) is 12.6 Å². The number of nitrogens with zero attached hydrogens (tertiary/aromatic N) is 1. The molecule has 0 heterocycles. The Labute approximate surface area is 129 Å². The highest BCUT2D eigenvalue weighted by atomic mass is 28.3. The Kier molecular flexibility index (Phi) is 10.1. The predicted molar refractivity (Wildman–Crippen MR) is 101 cm³/mol. The van der Waals surface area contributed by atoms with Crippen molar-refractivity contribution in [1.82, 2.24) is 0 Å². The molecule has 0 aromatic rings. The van der Waals surface area contributed by atoms with Crippen LogP contribution in [-0.2, 0) is 0 Å². The van der Waals surface area contributed by atoms with Crippen LogP contribution in [0.4, 0.5) is 0 Å². The number of unbranched alkanes of at least 4 members (excludes halogenated alkanes) is 4. The van der Waals surface area contributed by atoms with Crippen LogP contribution in [0.1, 0.15) is 32.1 Å². The summed E-state index contributed by atoms with van der Waals surface area (Å²) in [6.07, 6.45) is 8.83. The smallest absolute Gasteiger partial charge is 0.0761 e. The van der Waals surface area contributed by atoms with Crippen LogP contribution in [0, 0.1) is 0 Å². The third-order valence-electron chi connectivity index (χ3n) is 3.96. The first-order valence-electron chi connectivity index (χ1n) is 8.08. The Hall–Kier alpha value is -0.416. The maximum atomic E-state index is 4.53. The van der Waals surface area contributed by atoms with Crippen LogP contribution in [-0.4, -0.2) is 28.9 Å². The third-order valence-corrected chi connectivity index (χ3v) is 9.05. The van der Waals surface area contributed by atoms with Gasteiger partial charge in [-0.3, -0.25) is 4.99 Å². The molecule has 0 fully saturated rings. The molecule has 0 saturated carbocycles. The second-order valence-electron chi connectivity index (χ2n) is 7.20. The van der Waals surface area contributed by atoms with Gasteiger partial charge in [0.15, 0.2) is 0 Å². The van der Waals surface area contributed by atoms with E-state index in [4.69, 9.17) is 0 Å². The van der Waals surface area contributed by atoms with E-state index in [2.05, 4.69) is 62.0 Å². The first-order chi connectivity index (χ1) is 9.33. The minimum absolute atomic E-state index is 1.01. The number of hydrogen-bond donors (Lipinski definition) is 0. The maximum absolute atomic E-state index is 4.53. The fraction of sp³-hybridized carbons (Fsp3) is 0.706. The van der Waals surface area contributed by atoms with Crippen LogP contribution in [0.5, 0.6) is 0 Å². The molecule has 116 valence electrons. The molecule has 0 rings (SSSR count). The van der Waals surface area contributed by atoms with Crippen LogP contribution < -0.4 is 0 Å². The molecule has 0 aliphatic carbocycles. The van der Waals surface area contributed by atoms with E-state index in [1.54, 1.807) is 0 Å². The highest BCUT2D eigenvalue weighted by molar-refractivity contribution is 6.84. The monoisotopic (exact) mass is 309 g/mol. The van der Waals surface area contributed by atoms with Gasteiger partial charge in [-0.1, -0.05) is 57.9 Å². The van der Waals surface area contributed by atoms with E-state index in [-0.39, 0.29) is 0 Å². The summed E-state index contributed by atoms with van der Waals surface area (Å²) in [5, 5.41) is 0. The van der Waals surface area contributed by atoms with Crippen molar-refractivity contribution in [1.29, 1.82) is 0 Å². The quantitative estimate of drug-likeness (QED) is 0.243. The molecule has 0 atom stereocenters. The molecule has 0 aromatic heterocycles. The largest absolute Gasteiger partial charge is 0.298 e. The third kappa shape index (κ3) is 11.4. The molecule has 1 nitrogen and oxygen atoms in total. The van der Waals surface area contributed by atoms with E-state index >= 15 is 0 Å². The Bertz CT molecular complexity index is 306. The summed E-state index contributed by atoms with van der Waals surface area (Å²) in [5.41, 5.74) is 4.36. The molecule has 20 heavy (non-hydrogen) atoms. The molecule has 0 amide bonds. The van der Waals surface area contributed by atoms with Crippen molar-refractivity contribution in [2.75, 3.05) is 6.54 Å². The van der Waals surface area contributed by atoms with Crippen LogP contribution in [0.25, 0.3) is 0 Å². The van der Waals surface area contributed by atoms with Gasteiger partial charge in [-0.05, 0) is 18.7 Å². The summed E-state index contributed by atoms with van der Waals surface area (Å²) in [5.74, 6) is 0. The topological polar surface area (TPSA) is 12.4 Å². The first kappa shape index (κ1) is 19.6. The second kappa shape index (κ2) is 10.3. The molecule has 0 aliphatic rings. The number of aliphatic imine (C=N–C) groups is 1. The minimum atomic E-state index is -1.17. The lowest BCUT2D eigenvalue weighted by molar-refractivity contribution is 0.636. The van der Waals surface area contributed by atoms with Gasteiger partial charge in [-0.25, -0.2) is 0 Å². The minimum Gasteiger partial charge on any atom is -0.298 e. The fourth-order valence-electron chi connectivity index (χ4n) is 1.89. The van der Waals surface area contributed by atoms with Gasteiger partial charge in [0, 0.05) is 6.54 Å². The lowest BCUT2D eigenvalue weighted by atomic mass is 10.1. The molecule has 0 N–H and O–H groups in total. The lowest BCUT2D eigenvalue weighted by Crippen LogP contribution is -2.21. The van der Waals surface area contributed by atoms with E-state index in [1.807, 2.05) is 0 Å². The van der Waals surface area contributed by atoms with Crippen LogP contribution in [0.2, 0.25) is 38.3 Å². The summed E-state index contributed by atoms with van der Waals surface area (Å²) >= 11 is 0. The SMILES string of the molecule is C=C[Si](C)(C)CC=NCCCCCCC[Si](C)(C)C=C. The van der Waals surface area contributed by atoms with Gasteiger partial charge in [-0.2, -0.15) is 0 Å². The molecule has 0 unspecified atom stereocenters. The van der Waals surface area contributed by atoms with Crippen molar-refractivity contribution in [3.63, 3.8) is 0 Å². The predicted octanol–water partition coefficient (Wildman–Crippen LogP) is 5.87. The van der Waals surface area contributed by atoms with E-state index in [0.29, 0.717) is 0 Å². The van der Waals surface area contributed by atoms with Crippen LogP contribution >= 0.6 is 0 Å². The molecular weight excluding hydrogens is 274 g/mol. The Morgan fingerprint density at radius 3 is 1.95 bits per heavy atom. The van der Waals surface area contributed by atoms with Gasteiger partial charge < -0.3 is 0 Å². The van der Waals surface area contributed by atoms with Crippen molar-refractivity contribution in [3.8, 4) is 0 Å². The molecule has 0 saturated heterocycles. The standard InChI is InChI=1S/C17H35NSi2/c1-7-19(3,4)16-13-11-9-10-12-14-18-15-17-20(5,6)8-2/h7-8,15H,1-2,9-14,16-17H2,3-6H3. The van der Waals surface area contributed by atoms with Gasteiger partial charge >= 0.3 is 0 Å². The Morgan fingerprint density at radius 2 is 1.35 bits per heavy atom. The highest BCUT2D eigenvalue weighted by Crippen LogP contribution is 2.16. The summed E-state index contributed by atoms with van der Waals surface area (Å²) in [7, 11) is -2.22. The van der Waals surface area contributed by atoms with Crippen molar-refractivity contribution >= 4 is 22.4 Å². The molecule has 3 heteroatoms. The molecule has 0 spiro atoms. The second-order valence-corrected chi connectivity index (χ2v) is 16.9. The molecule has 0 aromatic carbocycles. The van der Waals surface area contributed by atoms with Gasteiger partial charge in [0.25, 0.3) is 0 Å². The van der Waals surface area contributed by atoms with Crippen molar-refractivity contribution < 1.29 is 0 Å². The van der Waals surface area contributed by atoms with Gasteiger partial charge in [0.1, 0.15) is 0 Å². The first-order valence-corrected chi connectivity index (χ1v) is 14.7. The average Bonchev–Trinajstić information content (AvgIpc) is 2.41. The van der Waals surface area contributed by atoms with Gasteiger partial charge in [-0.15, -0.1) is 24.6 Å². The molecular formula is C17H35NSi2. The highest BCUT2D eigenvalue weighted by Gasteiger charge is 2.14. The summed E-state index contributed by atoms with van der Waals surface area (Å²) in [6.45, 7) is 18.4. The van der Waals surface area contributed by atoms with Crippen molar-refractivity contribution in [3.05, 3.63) is 24.6 Å². The summed E-state index contributed by atoms with van der Waals surface area (Å²) in [4.78, 5) is 4.53. The van der Waals surface area contributed by atoms with Crippen LogP contribution in [0.15, 0.2) is 29.5 Å². The Balaban J connectivity index is 3.44.